The van der Waals surface area contributed by atoms with E-state index >= 15 is 0 Å². The average Bonchev–Trinajstić information content (AvgIpc) is 3.33. The Balaban J connectivity index is 1.50. The summed E-state index contributed by atoms with van der Waals surface area (Å²) in [4.78, 5) is 33.9. The minimum atomic E-state index is -4.45. The van der Waals surface area contributed by atoms with Gasteiger partial charge in [-0.1, -0.05) is 48.0 Å². The lowest BCUT2D eigenvalue weighted by atomic mass is 10.1. The van der Waals surface area contributed by atoms with Crippen molar-refractivity contribution >= 4 is 23.4 Å². The SMILES string of the molecule is CC(=O)N1CCN(C(=O)c2coc(CN(Cc3cccc(C(F)(F)F)c3)Cc3ccccc3Cl)n2)CC1. The van der Waals surface area contributed by atoms with Crippen LogP contribution in [0.1, 0.15) is 40.0 Å². The Bertz CT molecular complexity index is 1260. The Morgan fingerprint density at radius 3 is 2.38 bits per heavy atom. The monoisotopic (exact) mass is 534 g/mol. The molecule has 4 rings (SSSR count). The van der Waals surface area contributed by atoms with Crippen LogP contribution in [-0.2, 0) is 30.6 Å². The summed E-state index contributed by atoms with van der Waals surface area (Å²) in [5, 5.41) is 0.532. The lowest BCUT2D eigenvalue weighted by molar-refractivity contribution is -0.137. The first-order valence-corrected chi connectivity index (χ1v) is 12.1. The molecule has 0 N–H and O–H groups in total. The quantitative estimate of drug-likeness (QED) is 0.433. The number of oxazole rings is 1. The molecule has 7 nitrogen and oxygen atoms in total. The Hall–Kier alpha value is -3.37. The molecule has 1 aromatic heterocycles. The third kappa shape index (κ3) is 6.90. The Kier molecular flexibility index (Phi) is 8.19. The summed E-state index contributed by atoms with van der Waals surface area (Å²) in [5.41, 5.74) is 0.676. The van der Waals surface area contributed by atoms with E-state index in [-0.39, 0.29) is 36.5 Å². The predicted octanol–water partition coefficient (Wildman–Crippen LogP) is 4.85. The second-order valence-electron chi connectivity index (χ2n) is 8.86. The van der Waals surface area contributed by atoms with E-state index < -0.39 is 11.7 Å². The van der Waals surface area contributed by atoms with Crippen molar-refractivity contribution < 1.29 is 27.2 Å². The van der Waals surface area contributed by atoms with Crippen molar-refractivity contribution in [2.75, 3.05) is 26.2 Å². The smallest absolute Gasteiger partial charge is 0.416 e. The van der Waals surface area contributed by atoms with Gasteiger partial charge in [0, 0.05) is 51.2 Å². The van der Waals surface area contributed by atoms with Gasteiger partial charge in [-0.15, -0.1) is 0 Å². The van der Waals surface area contributed by atoms with Gasteiger partial charge in [-0.3, -0.25) is 14.5 Å². The molecule has 196 valence electrons. The van der Waals surface area contributed by atoms with Crippen molar-refractivity contribution in [1.29, 1.82) is 0 Å². The van der Waals surface area contributed by atoms with Crippen LogP contribution < -0.4 is 0 Å². The van der Waals surface area contributed by atoms with Crippen molar-refractivity contribution in [2.45, 2.75) is 32.7 Å². The zero-order valence-corrected chi connectivity index (χ0v) is 20.9. The molecule has 0 aliphatic carbocycles. The van der Waals surface area contributed by atoms with Gasteiger partial charge in [0.05, 0.1) is 12.1 Å². The third-order valence-corrected chi connectivity index (χ3v) is 6.52. The van der Waals surface area contributed by atoms with Crippen LogP contribution in [0, 0.1) is 0 Å². The number of alkyl halides is 3. The average molecular weight is 535 g/mol. The second-order valence-corrected chi connectivity index (χ2v) is 9.27. The lowest BCUT2D eigenvalue weighted by Crippen LogP contribution is -2.50. The highest BCUT2D eigenvalue weighted by molar-refractivity contribution is 6.31. The first-order valence-electron chi connectivity index (χ1n) is 11.7. The molecule has 11 heteroatoms. The van der Waals surface area contributed by atoms with Crippen LogP contribution in [0.4, 0.5) is 13.2 Å². The third-order valence-electron chi connectivity index (χ3n) is 6.15. The van der Waals surface area contributed by atoms with E-state index in [4.69, 9.17) is 16.0 Å². The zero-order chi connectivity index (χ0) is 26.6. The summed E-state index contributed by atoms with van der Waals surface area (Å²) in [7, 11) is 0. The van der Waals surface area contributed by atoms with Crippen LogP contribution in [0.5, 0.6) is 0 Å². The Labute approximate surface area is 217 Å². The summed E-state index contributed by atoms with van der Waals surface area (Å²) >= 11 is 6.33. The maximum atomic E-state index is 13.2. The van der Waals surface area contributed by atoms with Crippen LogP contribution in [0.3, 0.4) is 0 Å². The minimum absolute atomic E-state index is 0.0322. The molecular formula is C26H26ClF3N4O3. The van der Waals surface area contributed by atoms with Gasteiger partial charge in [0.1, 0.15) is 6.26 Å². The van der Waals surface area contributed by atoms with Crippen LogP contribution in [-0.4, -0.2) is 57.7 Å². The molecule has 0 saturated carbocycles. The number of hydrogen-bond acceptors (Lipinski definition) is 5. The topological polar surface area (TPSA) is 69.9 Å². The standard InChI is InChI=1S/C26H26ClF3N4O3/c1-18(35)33-9-11-34(12-10-33)25(36)23-17-37-24(31-23)16-32(15-20-6-2-3-8-22(20)27)14-19-5-4-7-21(13-19)26(28,29)30/h2-8,13,17H,9-12,14-16H2,1H3. The van der Waals surface area contributed by atoms with Gasteiger partial charge in [-0.25, -0.2) is 4.98 Å². The van der Waals surface area contributed by atoms with Gasteiger partial charge in [0.2, 0.25) is 11.8 Å². The van der Waals surface area contributed by atoms with Gasteiger partial charge in [-0.2, -0.15) is 13.2 Å². The molecule has 0 atom stereocenters. The molecule has 2 amide bonds. The minimum Gasteiger partial charge on any atom is -0.447 e. The van der Waals surface area contributed by atoms with E-state index in [1.165, 1.54) is 19.3 Å². The fourth-order valence-electron chi connectivity index (χ4n) is 4.20. The van der Waals surface area contributed by atoms with Crippen molar-refractivity contribution in [1.82, 2.24) is 19.7 Å². The Morgan fingerprint density at radius 1 is 1.00 bits per heavy atom. The van der Waals surface area contributed by atoms with Crippen molar-refractivity contribution in [2.24, 2.45) is 0 Å². The summed E-state index contributed by atoms with van der Waals surface area (Å²) in [6.07, 6.45) is -3.16. The van der Waals surface area contributed by atoms with Crippen molar-refractivity contribution in [3.05, 3.63) is 88.1 Å². The number of benzene rings is 2. The number of hydrogen-bond donors (Lipinski definition) is 0. The maximum Gasteiger partial charge on any atom is 0.416 e. The first-order chi connectivity index (χ1) is 17.6. The summed E-state index contributed by atoms with van der Waals surface area (Å²) < 4.78 is 45.3. The van der Waals surface area contributed by atoms with E-state index in [2.05, 4.69) is 4.98 Å². The largest absolute Gasteiger partial charge is 0.447 e. The van der Waals surface area contributed by atoms with Gasteiger partial charge < -0.3 is 14.2 Å². The number of aromatic nitrogens is 1. The number of carbonyl (C=O) groups excluding carboxylic acids is 2. The Morgan fingerprint density at radius 2 is 1.70 bits per heavy atom. The fraction of sp³-hybridized carbons (Fsp3) is 0.346. The first kappa shape index (κ1) is 26.7. The molecule has 0 unspecified atom stereocenters. The lowest BCUT2D eigenvalue weighted by Gasteiger charge is -2.33. The number of carbonyl (C=O) groups is 2. The molecule has 0 spiro atoms. The number of amides is 2. The molecule has 3 aromatic rings. The molecule has 1 fully saturated rings. The normalized spacial score (nSPS) is 14.3. The van der Waals surface area contributed by atoms with E-state index in [9.17, 15) is 22.8 Å². The van der Waals surface area contributed by atoms with Crippen LogP contribution in [0.25, 0.3) is 0 Å². The molecule has 2 heterocycles. The van der Waals surface area contributed by atoms with Crippen molar-refractivity contribution in [3.8, 4) is 0 Å². The van der Waals surface area contributed by atoms with E-state index in [0.29, 0.717) is 43.3 Å². The highest BCUT2D eigenvalue weighted by atomic mass is 35.5. The second kappa shape index (κ2) is 11.4. The molecule has 1 saturated heterocycles. The summed E-state index contributed by atoms with van der Waals surface area (Å²) in [6.45, 7) is 3.84. The predicted molar refractivity (Wildman–Crippen MR) is 131 cm³/mol. The number of rotatable bonds is 7. The number of halogens is 4. The molecule has 0 bridgehead atoms. The summed E-state index contributed by atoms with van der Waals surface area (Å²) in [6, 6.07) is 12.4. The highest BCUT2D eigenvalue weighted by Gasteiger charge is 2.30. The van der Waals surface area contributed by atoms with E-state index in [1.807, 2.05) is 17.0 Å². The van der Waals surface area contributed by atoms with E-state index in [0.717, 1.165) is 17.7 Å². The molecule has 37 heavy (non-hydrogen) atoms. The van der Waals surface area contributed by atoms with Gasteiger partial charge in [-0.05, 0) is 23.3 Å². The van der Waals surface area contributed by atoms with Gasteiger partial charge in [0.25, 0.3) is 5.91 Å². The van der Waals surface area contributed by atoms with Gasteiger partial charge >= 0.3 is 6.18 Å². The molecule has 0 radical (unpaired) electrons. The molecule has 1 aliphatic heterocycles. The summed E-state index contributed by atoms with van der Waals surface area (Å²) in [5.74, 6) is -0.0753. The maximum absolute atomic E-state index is 13.2. The highest BCUT2D eigenvalue weighted by Crippen LogP contribution is 2.30. The fourth-order valence-corrected chi connectivity index (χ4v) is 4.39. The van der Waals surface area contributed by atoms with Crippen molar-refractivity contribution in [3.63, 3.8) is 0 Å². The van der Waals surface area contributed by atoms with Crippen LogP contribution in [0.2, 0.25) is 5.02 Å². The molecule has 2 aromatic carbocycles. The molecule has 1 aliphatic rings. The van der Waals surface area contributed by atoms with Crippen LogP contribution >= 0.6 is 11.6 Å². The van der Waals surface area contributed by atoms with Crippen LogP contribution in [0.15, 0.2) is 59.2 Å². The number of piperazine rings is 1. The number of nitrogens with zero attached hydrogens (tertiary/aromatic N) is 4. The molecular weight excluding hydrogens is 509 g/mol. The zero-order valence-electron chi connectivity index (χ0n) is 20.2. The van der Waals surface area contributed by atoms with Gasteiger partial charge in [0.15, 0.2) is 5.69 Å². The van der Waals surface area contributed by atoms with E-state index in [1.54, 1.807) is 28.0 Å².